The van der Waals surface area contributed by atoms with Crippen molar-refractivity contribution in [2.45, 2.75) is 43.8 Å². The maximum Gasteiger partial charge on any atom is 0.283 e. The first-order chi connectivity index (χ1) is 20.2. The maximum absolute atomic E-state index is 15.9. The van der Waals surface area contributed by atoms with E-state index in [9.17, 15) is 18.3 Å². The summed E-state index contributed by atoms with van der Waals surface area (Å²) >= 11 is 0. The van der Waals surface area contributed by atoms with Gasteiger partial charge in [-0.25, -0.2) is 17.6 Å². The lowest BCUT2D eigenvalue weighted by molar-refractivity contribution is -0.0869. The molecule has 1 fully saturated rings. The van der Waals surface area contributed by atoms with Crippen LogP contribution in [0.2, 0.25) is 0 Å². The zero-order valence-electron chi connectivity index (χ0n) is 23.1. The minimum absolute atomic E-state index is 0.0339. The molecule has 4 heterocycles. The Morgan fingerprint density at radius 2 is 1.88 bits per heavy atom. The Bertz CT molecular complexity index is 1530. The van der Waals surface area contributed by atoms with E-state index in [4.69, 9.17) is 0 Å². The van der Waals surface area contributed by atoms with Gasteiger partial charge in [-0.05, 0) is 49.1 Å². The van der Waals surface area contributed by atoms with Crippen molar-refractivity contribution in [3.8, 4) is 11.1 Å². The molecule has 224 valence electrons. The number of aromatic nitrogens is 3. The zero-order chi connectivity index (χ0) is 29.6. The number of nitrogens with one attached hydrogen (secondary N) is 3. The summed E-state index contributed by atoms with van der Waals surface area (Å²) < 4.78 is 73.5. The summed E-state index contributed by atoms with van der Waals surface area (Å²) in [5, 5.41) is 20.1. The molecule has 0 amide bonds. The molecule has 2 aliphatic heterocycles. The summed E-state index contributed by atoms with van der Waals surface area (Å²) in [5.74, 6) is -5.19. The summed E-state index contributed by atoms with van der Waals surface area (Å²) in [4.78, 5) is 6.72. The highest BCUT2D eigenvalue weighted by Crippen LogP contribution is 2.44. The number of rotatable bonds is 10. The molecule has 1 saturated heterocycles. The summed E-state index contributed by atoms with van der Waals surface area (Å²) in [6.07, 6.45) is 4.25. The van der Waals surface area contributed by atoms with E-state index >= 15 is 8.78 Å². The second kappa shape index (κ2) is 11.3. The van der Waals surface area contributed by atoms with Crippen molar-refractivity contribution in [1.82, 2.24) is 25.0 Å². The quantitative estimate of drug-likeness (QED) is 0.190. The minimum atomic E-state index is -3.48. The van der Waals surface area contributed by atoms with Crippen molar-refractivity contribution in [1.29, 1.82) is 0 Å². The molecular weight excluding hydrogens is 555 g/mol. The first kappa shape index (κ1) is 28.6. The Balaban J connectivity index is 1.38. The van der Waals surface area contributed by atoms with Crippen LogP contribution < -0.4 is 5.32 Å². The molecule has 0 bridgehead atoms. The average Bonchev–Trinajstić information content (AvgIpc) is 3.59. The molecule has 2 aromatic carbocycles. The van der Waals surface area contributed by atoms with Gasteiger partial charge in [0.1, 0.15) is 18.2 Å². The van der Waals surface area contributed by atoms with E-state index in [2.05, 4.69) is 25.4 Å². The summed E-state index contributed by atoms with van der Waals surface area (Å²) in [7, 11) is 0. The molecule has 2 atom stereocenters. The number of benzene rings is 2. The van der Waals surface area contributed by atoms with Crippen LogP contribution in [-0.2, 0) is 6.42 Å². The number of aliphatic hydroxyl groups is 1. The van der Waals surface area contributed by atoms with Crippen LogP contribution in [0.15, 0.2) is 42.7 Å². The lowest BCUT2D eigenvalue weighted by atomic mass is 9.87. The number of alkyl halides is 3. The number of fused-ring (bicyclic) bond motifs is 3. The first-order valence-corrected chi connectivity index (χ1v) is 14.1. The molecule has 12 heteroatoms. The number of nitrogens with zero attached hydrogens (tertiary/aromatic N) is 3. The van der Waals surface area contributed by atoms with Gasteiger partial charge in [0, 0.05) is 65.3 Å². The molecule has 6 rings (SSSR count). The number of hydrogen-bond donors (Lipinski definition) is 4. The van der Waals surface area contributed by atoms with Gasteiger partial charge in [0.05, 0.1) is 31.5 Å². The Kier molecular flexibility index (Phi) is 7.71. The van der Waals surface area contributed by atoms with Gasteiger partial charge < -0.3 is 15.4 Å². The fourth-order valence-electron chi connectivity index (χ4n) is 6.32. The number of H-pyrrole nitrogens is 2. The second-order valence-electron chi connectivity index (χ2n) is 11.4. The van der Waals surface area contributed by atoms with Gasteiger partial charge in [-0.2, -0.15) is 5.10 Å². The topological polar surface area (TPSA) is 83.2 Å². The summed E-state index contributed by atoms with van der Waals surface area (Å²) in [6.45, 7) is 0.994. The number of halogens is 5. The van der Waals surface area contributed by atoms with E-state index in [1.807, 2.05) is 18.2 Å². The molecule has 0 spiro atoms. The SMILES string of the molecule is C[C@@H]1Cc2c([nH]c3cc(-c4cn[nH]c4)ccc23)[C@@H](c2c(F)cc(NC3CN(CCCF)C3)cc2F)N1CC(F)(F)CO. The van der Waals surface area contributed by atoms with Crippen LogP contribution in [0.4, 0.5) is 27.6 Å². The Morgan fingerprint density at radius 3 is 2.55 bits per heavy atom. The molecule has 0 unspecified atom stereocenters. The molecule has 2 aliphatic rings. The van der Waals surface area contributed by atoms with Gasteiger partial charge in [-0.1, -0.05) is 12.1 Å². The van der Waals surface area contributed by atoms with Crippen molar-refractivity contribution in [3.63, 3.8) is 0 Å². The van der Waals surface area contributed by atoms with Crippen molar-refractivity contribution >= 4 is 16.6 Å². The van der Waals surface area contributed by atoms with E-state index < -0.39 is 49.5 Å². The van der Waals surface area contributed by atoms with Crippen LogP contribution in [0.3, 0.4) is 0 Å². The third kappa shape index (κ3) is 5.38. The maximum atomic E-state index is 15.9. The molecule has 0 aliphatic carbocycles. The van der Waals surface area contributed by atoms with Crippen LogP contribution in [0.1, 0.15) is 36.2 Å². The van der Waals surface area contributed by atoms with Gasteiger partial charge in [-0.15, -0.1) is 0 Å². The van der Waals surface area contributed by atoms with E-state index in [0.29, 0.717) is 43.7 Å². The Labute approximate surface area is 239 Å². The highest BCUT2D eigenvalue weighted by Gasteiger charge is 2.43. The van der Waals surface area contributed by atoms with Crippen molar-refractivity contribution < 1.29 is 27.1 Å². The largest absolute Gasteiger partial charge is 0.390 e. The third-order valence-electron chi connectivity index (χ3n) is 8.38. The smallest absolute Gasteiger partial charge is 0.283 e. The number of likely N-dealkylation sites (tertiary alicyclic amines) is 1. The molecule has 4 aromatic rings. The van der Waals surface area contributed by atoms with Crippen molar-refractivity contribution in [2.75, 3.05) is 44.8 Å². The number of hydrogen-bond acceptors (Lipinski definition) is 5. The van der Waals surface area contributed by atoms with E-state index in [1.165, 1.54) is 17.0 Å². The van der Waals surface area contributed by atoms with E-state index in [0.717, 1.165) is 22.1 Å². The highest BCUT2D eigenvalue weighted by molar-refractivity contribution is 5.89. The van der Waals surface area contributed by atoms with E-state index in [-0.39, 0.29) is 17.3 Å². The zero-order valence-corrected chi connectivity index (χ0v) is 23.1. The number of aromatic amines is 2. The molecule has 4 N–H and O–H groups in total. The fraction of sp³-hybridized carbons (Fsp3) is 0.433. The monoisotopic (exact) mass is 588 g/mol. The lowest BCUT2D eigenvalue weighted by Gasteiger charge is -2.42. The fourth-order valence-corrected chi connectivity index (χ4v) is 6.32. The lowest BCUT2D eigenvalue weighted by Crippen LogP contribution is -2.54. The van der Waals surface area contributed by atoms with E-state index in [1.54, 1.807) is 19.3 Å². The standard InChI is InChI=1S/C30H33F5N6O/c1-17-7-23-22-4-3-18(19-11-36-37-12-19)8-26(22)39-28(23)29(41(17)15-30(34,35)16-42)27-24(32)9-20(10-25(27)33)38-21-13-40(14-21)6-2-5-31/h3-4,8-12,17,21,29,38-39,42H,2,5-7,13-16H2,1H3,(H,36,37)/t17-,29-/m1/s1. The molecule has 2 aromatic heterocycles. The Hall–Kier alpha value is -3.48. The van der Waals surface area contributed by atoms with Gasteiger partial charge in [0.25, 0.3) is 5.92 Å². The van der Waals surface area contributed by atoms with Gasteiger partial charge in [-0.3, -0.25) is 19.3 Å². The molecular formula is C30H33F5N6O. The molecule has 0 radical (unpaired) electrons. The second-order valence-corrected chi connectivity index (χ2v) is 11.4. The number of aliphatic hydroxyl groups excluding tert-OH is 1. The predicted octanol–water partition coefficient (Wildman–Crippen LogP) is 5.26. The van der Waals surface area contributed by atoms with Gasteiger partial charge >= 0.3 is 0 Å². The van der Waals surface area contributed by atoms with Crippen LogP contribution in [-0.4, -0.2) is 87.6 Å². The minimum Gasteiger partial charge on any atom is -0.390 e. The molecule has 0 saturated carbocycles. The molecule has 7 nitrogen and oxygen atoms in total. The van der Waals surface area contributed by atoms with Gasteiger partial charge in [0.15, 0.2) is 0 Å². The van der Waals surface area contributed by atoms with Crippen molar-refractivity contribution in [3.05, 3.63) is 71.2 Å². The van der Waals surface area contributed by atoms with Crippen LogP contribution in [0, 0.1) is 11.6 Å². The van der Waals surface area contributed by atoms with Crippen LogP contribution >= 0.6 is 0 Å². The summed E-state index contributed by atoms with van der Waals surface area (Å²) in [5.41, 5.74) is 3.62. The van der Waals surface area contributed by atoms with Gasteiger partial charge in [0.2, 0.25) is 0 Å². The molecule has 42 heavy (non-hydrogen) atoms. The first-order valence-electron chi connectivity index (χ1n) is 14.1. The number of anilines is 1. The highest BCUT2D eigenvalue weighted by atomic mass is 19.3. The normalized spacial score (nSPS) is 20.2. The van der Waals surface area contributed by atoms with Crippen molar-refractivity contribution in [2.24, 2.45) is 0 Å². The predicted molar refractivity (Wildman–Crippen MR) is 150 cm³/mol. The van der Waals surface area contributed by atoms with Crippen LogP contribution in [0.5, 0.6) is 0 Å². The average molecular weight is 589 g/mol. The Morgan fingerprint density at radius 1 is 1.12 bits per heavy atom. The third-order valence-corrected chi connectivity index (χ3v) is 8.38. The van der Waals surface area contributed by atoms with Crippen LogP contribution in [0.25, 0.3) is 22.0 Å². The summed E-state index contributed by atoms with van der Waals surface area (Å²) in [6, 6.07) is 6.43.